The van der Waals surface area contributed by atoms with E-state index in [1.54, 1.807) is 9.13 Å². The molecule has 1 aromatic carbocycles. The van der Waals surface area contributed by atoms with Crippen molar-refractivity contribution in [3.63, 3.8) is 0 Å². The Hall–Kier alpha value is -2.30. The van der Waals surface area contributed by atoms with E-state index in [1.165, 1.54) is 6.08 Å². The molecule has 0 spiro atoms. The standard InChI is InChI=1S/C14H16N2O3/c1-3-15-11-7-5-10(6-8-13(17)18)9-12(11)16(4-2)14(15)19/h5-9H,3-4H2,1-2H3,(H,17,18)/b8-6+. The second kappa shape index (κ2) is 5.14. The van der Waals surface area contributed by atoms with Gasteiger partial charge >= 0.3 is 11.7 Å². The van der Waals surface area contributed by atoms with Crippen LogP contribution in [0.25, 0.3) is 17.1 Å². The topological polar surface area (TPSA) is 64.2 Å². The number of rotatable bonds is 4. The molecule has 100 valence electrons. The number of fused-ring (bicyclic) bond motifs is 1. The molecule has 1 aromatic heterocycles. The van der Waals surface area contributed by atoms with Crippen molar-refractivity contribution < 1.29 is 9.90 Å². The van der Waals surface area contributed by atoms with Crippen LogP contribution in [0.15, 0.2) is 29.1 Å². The second-order valence-electron chi connectivity index (χ2n) is 4.19. The Morgan fingerprint density at radius 3 is 2.42 bits per heavy atom. The average molecular weight is 260 g/mol. The highest BCUT2D eigenvalue weighted by molar-refractivity contribution is 5.87. The number of carbonyl (C=O) groups is 1. The molecule has 0 unspecified atom stereocenters. The lowest BCUT2D eigenvalue weighted by Crippen LogP contribution is -2.22. The molecule has 0 fully saturated rings. The van der Waals surface area contributed by atoms with Crippen molar-refractivity contribution >= 4 is 23.1 Å². The molecule has 2 rings (SSSR count). The van der Waals surface area contributed by atoms with E-state index in [2.05, 4.69) is 0 Å². The number of carboxylic acid groups (broad SMARTS) is 1. The smallest absolute Gasteiger partial charge is 0.329 e. The molecule has 5 nitrogen and oxygen atoms in total. The van der Waals surface area contributed by atoms with Crippen LogP contribution in [0, 0.1) is 0 Å². The summed E-state index contributed by atoms with van der Waals surface area (Å²) in [4.78, 5) is 22.7. The van der Waals surface area contributed by atoms with Gasteiger partial charge in [-0.05, 0) is 37.6 Å². The maximum absolute atomic E-state index is 12.1. The number of hydrogen-bond acceptors (Lipinski definition) is 2. The zero-order valence-electron chi connectivity index (χ0n) is 11.0. The molecular formula is C14H16N2O3. The highest BCUT2D eigenvalue weighted by Crippen LogP contribution is 2.16. The van der Waals surface area contributed by atoms with Gasteiger partial charge in [-0.15, -0.1) is 0 Å². The van der Waals surface area contributed by atoms with Crippen molar-refractivity contribution in [1.29, 1.82) is 0 Å². The fraction of sp³-hybridized carbons (Fsp3) is 0.286. The van der Waals surface area contributed by atoms with Crippen LogP contribution in [0.2, 0.25) is 0 Å². The fourth-order valence-corrected chi connectivity index (χ4v) is 2.22. The van der Waals surface area contributed by atoms with E-state index in [-0.39, 0.29) is 5.69 Å². The molecule has 0 aliphatic heterocycles. The molecule has 0 aliphatic rings. The van der Waals surface area contributed by atoms with Gasteiger partial charge in [0.25, 0.3) is 0 Å². The molecule has 0 saturated carbocycles. The first-order valence-electron chi connectivity index (χ1n) is 6.22. The van der Waals surface area contributed by atoms with Crippen LogP contribution in [0.4, 0.5) is 0 Å². The van der Waals surface area contributed by atoms with Gasteiger partial charge in [0.2, 0.25) is 0 Å². The number of benzene rings is 1. The lowest BCUT2D eigenvalue weighted by molar-refractivity contribution is -0.131. The van der Waals surface area contributed by atoms with Crippen molar-refractivity contribution in [3.05, 3.63) is 40.3 Å². The van der Waals surface area contributed by atoms with Gasteiger partial charge in [0.15, 0.2) is 0 Å². The molecule has 0 amide bonds. The zero-order valence-corrected chi connectivity index (χ0v) is 11.0. The fourth-order valence-electron chi connectivity index (χ4n) is 2.22. The largest absolute Gasteiger partial charge is 0.478 e. The maximum atomic E-state index is 12.1. The molecule has 0 radical (unpaired) electrons. The number of hydrogen-bond donors (Lipinski definition) is 1. The van der Waals surface area contributed by atoms with Crippen LogP contribution in [-0.2, 0) is 17.9 Å². The Balaban J connectivity index is 2.65. The lowest BCUT2D eigenvalue weighted by atomic mass is 10.2. The minimum Gasteiger partial charge on any atom is -0.478 e. The van der Waals surface area contributed by atoms with E-state index in [9.17, 15) is 9.59 Å². The molecule has 0 bridgehead atoms. The summed E-state index contributed by atoms with van der Waals surface area (Å²) in [6.45, 7) is 5.06. The number of imidazole rings is 1. The van der Waals surface area contributed by atoms with E-state index >= 15 is 0 Å². The van der Waals surface area contributed by atoms with Gasteiger partial charge in [-0.25, -0.2) is 9.59 Å². The minimum atomic E-state index is -0.987. The van der Waals surface area contributed by atoms with Crippen molar-refractivity contribution in [1.82, 2.24) is 9.13 Å². The van der Waals surface area contributed by atoms with Crippen LogP contribution in [0.5, 0.6) is 0 Å². The van der Waals surface area contributed by atoms with Gasteiger partial charge in [-0.3, -0.25) is 9.13 Å². The summed E-state index contributed by atoms with van der Waals surface area (Å²) in [5.74, 6) is -0.987. The minimum absolute atomic E-state index is 0.0284. The number of aromatic nitrogens is 2. The quantitative estimate of drug-likeness (QED) is 0.854. The summed E-state index contributed by atoms with van der Waals surface area (Å²) in [5.41, 5.74) is 2.45. The summed E-state index contributed by atoms with van der Waals surface area (Å²) < 4.78 is 3.40. The van der Waals surface area contributed by atoms with Gasteiger partial charge in [-0.2, -0.15) is 0 Å². The molecule has 1 N–H and O–H groups in total. The normalized spacial score (nSPS) is 11.5. The Kier molecular flexibility index (Phi) is 3.55. The average Bonchev–Trinajstić information content (AvgIpc) is 2.66. The van der Waals surface area contributed by atoms with E-state index in [4.69, 9.17) is 5.11 Å². The van der Waals surface area contributed by atoms with Crippen molar-refractivity contribution in [2.24, 2.45) is 0 Å². The molecule has 0 atom stereocenters. The molecule has 1 heterocycles. The molecular weight excluding hydrogens is 244 g/mol. The van der Waals surface area contributed by atoms with E-state index < -0.39 is 5.97 Å². The molecule has 2 aromatic rings. The first-order chi connectivity index (χ1) is 9.08. The van der Waals surface area contributed by atoms with Gasteiger partial charge in [0, 0.05) is 19.2 Å². The van der Waals surface area contributed by atoms with Crippen LogP contribution in [-0.4, -0.2) is 20.2 Å². The van der Waals surface area contributed by atoms with E-state index in [0.29, 0.717) is 13.1 Å². The SMILES string of the molecule is CCn1c(=O)n(CC)c2cc(/C=C/C(=O)O)ccc21. The maximum Gasteiger partial charge on any atom is 0.329 e. The number of nitrogens with zero attached hydrogens (tertiary/aromatic N) is 2. The second-order valence-corrected chi connectivity index (χ2v) is 4.19. The molecule has 5 heteroatoms. The van der Waals surface area contributed by atoms with Crippen LogP contribution in [0.1, 0.15) is 19.4 Å². The predicted octanol–water partition coefficient (Wildman–Crippen LogP) is 1.94. The highest BCUT2D eigenvalue weighted by atomic mass is 16.4. The summed E-state index contributed by atoms with van der Waals surface area (Å²) in [6.07, 6.45) is 2.61. The van der Waals surface area contributed by atoms with Crippen LogP contribution in [0.3, 0.4) is 0 Å². The van der Waals surface area contributed by atoms with Gasteiger partial charge < -0.3 is 5.11 Å². The van der Waals surface area contributed by atoms with Gasteiger partial charge in [-0.1, -0.05) is 6.07 Å². The van der Waals surface area contributed by atoms with Crippen LogP contribution >= 0.6 is 0 Å². The van der Waals surface area contributed by atoms with Crippen molar-refractivity contribution in [3.8, 4) is 0 Å². The third kappa shape index (κ3) is 2.31. The molecule has 0 aliphatic carbocycles. The lowest BCUT2D eigenvalue weighted by Gasteiger charge is -1.99. The Morgan fingerprint density at radius 2 is 1.84 bits per heavy atom. The summed E-state index contributed by atoms with van der Waals surface area (Å²) in [6, 6.07) is 5.51. The van der Waals surface area contributed by atoms with Gasteiger partial charge in [0.1, 0.15) is 0 Å². The highest BCUT2D eigenvalue weighted by Gasteiger charge is 2.10. The summed E-state index contributed by atoms with van der Waals surface area (Å²) in [7, 11) is 0. The summed E-state index contributed by atoms with van der Waals surface area (Å²) >= 11 is 0. The van der Waals surface area contributed by atoms with Crippen molar-refractivity contribution in [2.45, 2.75) is 26.9 Å². The predicted molar refractivity (Wildman–Crippen MR) is 74.2 cm³/mol. The number of aryl methyl sites for hydroxylation is 2. The third-order valence-corrected chi connectivity index (χ3v) is 3.09. The zero-order chi connectivity index (χ0) is 14.0. The monoisotopic (exact) mass is 260 g/mol. The molecule has 0 saturated heterocycles. The Bertz CT molecular complexity index is 707. The molecule has 19 heavy (non-hydrogen) atoms. The summed E-state index contributed by atoms with van der Waals surface area (Å²) in [5, 5.41) is 8.63. The van der Waals surface area contributed by atoms with Gasteiger partial charge in [0.05, 0.1) is 11.0 Å². The third-order valence-electron chi connectivity index (χ3n) is 3.09. The van der Waals surface area contributed by atoms with E-state index in [1.807, 2.05) is 32.0 Å². The Labute approximate surface area is 110 Å². The Morgan fingerprint density at radius 1 is 1.21 bits per heavy atom. The van der Waals surface area contributed by atoms with Crippen molar-refractivity contribution in [2.75, 3.05) is 0 Å². The first-order valence-corrected chi connectivity index (χ1v) is 6.22. The number of aliphatic carboxylic acids is 1. The number of carboxylic acids is 1. The van der Waals surface area contributed by atoms with Crippen LogP contribution < -0.4 is 5.69 Å². The first kappa shape index (κ1) is 13.1. The van der Waals surface area contributed by atoms with E-state index in [0.717, 1.165) is 22.7 Å².